The van der Waals surface area contributed by atoms with Crippen molar-refractivity contribution in [3.05, 3.63) is 48.8 Å². The van der Waals surface area contributed by atoms with Gasteiger partial charge in [-0.25, -0.2) is 0 Å². The second kappa shape index (κ2) is 4.67. The van der Waals surface area contributed by atoms with E-state index in [4.69, 9.17) is 5.73 Å². The Kier molecular flexibility index (Phi) is 4.21. The van der Waals surface area contributed by atoms with Crippen molar-refractivity contribution in [2.75, 3.05) is 0 Å². The molecule has 13 heavy (non-hydrogen) atoms. The molecule has 0 unspecified atom stereocenters. The van der Waals surface area contributed by atoms with Gasteiger partial charge in [0.15, 0.2) is 0 Å². The van der Waals surface area contributed by atoms with E-state index in [1.807, 2.05) is 13.8 Å². The third kappa shape index (κ3) is 3.76. The second-order valence-electron chi connectivity index (χ2n) is 3.33. The summed E-state index contributed by atoms with van der Waals surface area (Å²) in [6.45, 7) is 10.7. The van der Waals surface area contributed by atoms with Crippen molar-refractivity contribution < 1.29 is 5.11 Å². The van der Waals surface area contributed by atoms with Crippen LogP contribution in [0, 0.1) is 0 Å². The lowest BCUT2D eigenvalue weighted by molar-refractivity contribution is 0.401. The molecular formula is C11H17NO. The number of rotatable bonds is 4. The maximum atomic E-state index is 9.57. The summed E-state index contributed by atoms with van der Waals surface area (Å²) in [6, 6.07) is 0. The van der Waals surface area contributed by atoms with Gasteiger partial charge in [-0.15, -0.1) is 0 Å². The monoisotopic (exact) mass is 179 g/mol. The average molecular weight is 179 g/mol. The molecule has 72 valence electrons. The molecule has 0 atom stereocenters. The fourth-order valence-corrected chi connectivity index (χ4v) is 0.950. The molecule has 0 aliphatic rings. The Morgan fingerprint density at radius 2 is 1.69 bits per heavy atom. The van der Waals surface area contributed by atoms with Crippen LogP contribution in [0.5, 0.6) is 0 Å². The quantitative estimate of drug-likeness (QED) is 0.514. The van der Waals surface area contributed by atoms with Gasteiger partial charge in [-0.1, -0.05) is 31.4 Å². The van der Waals surface area contributed by atoms with E-state index in [0.717, 1.165) is 0 Å². The summed E-state index contributed by atoms with van der Waals surface area (Å²) in [5.41, 5.74) is 5.90. The third-order valence-corrected chi connectivity index (χ3v) is 1.53. The second-order valence-corrected chi connectivity index (χ2v) is 3.33. The standard InChI is InChI=1S/C11H17NO/c1-5-7-9(11(3,4)12)10(13)8-6-2/h5-8,13H,1-2,12H2,3-4H3/b9-7+,10-8+. The molecule has 0 radical (unpaired) electrons. The van der Waals surface area contributed by atoms with Crippen molar-refractivity contribution in [3.63, 3.8) is 0 Å². The molecule has 2 heteroatoms. The summed E-state index contributed by atoms with van der Waals surface area (Å²) in [5, 5.41) is 9.57. The van der Waals surface area contributed by atoms with Gasteiger partial charge in [0.05, 0.1) is 0 Å². The Morgan fingerprint density at radius 1 is 1.23 bits per heavy atom. The molecule has 0 aliphatic carbocycles. The maximum absolute atomic E-state index is 9.57. The van der Waals surface area contributed by atoms with E-state index in [2.05, 4.69) is 13.2 Å². The van der Waals surface area contributed by atoms with Crippen LogP contribution in [0.3, 0.4) is 0 Å². The molecule has 0 fully saturated rings. The lowest BCUT2D eigenvalue weighted by atomic mass is 9.93. The van der Waals surface area contributed by atoms with Crippen molar-refractivity contribution in [2.24, 2.45) is 5.73 Å². The predicted octanol–water partition coefficient (Wildman–Crippen LogP) is 2.46. The fraction of sp³-hybridized carbons (Fsp3) is 0.273. The summed E-state index contributed by atoms with van der Waals surface area (Å²) in [4.78, 5) is 0. The van der Waals surface area contributed by atoms with Crippen molar-refractivity contribution in [1.82, 2.24) is 0 Å². The number of hydrogen-bond acceptors (Lipinski definition) is 2. The van der Waals surface area contributed by atoms with Gasteiger partial charge >= 0.3 is 0 Å². The molecule has 0 aromatic carbocycles. The van der Waals surface area contributed by atoms with Crippen molar-refractivity contribution >= 4 is 0 Å². The largest absolute Gasteiger partial charge is 0.508 e. The van der Waals surface area contributed by atoms with E-state index >= 15 is 0 Å². The molecule has 0 aromatic heterocycles. The fourth-order valence-electron chi connectivity index (χ4n) is 0.950. The third-order valence-electron chi connectivity index (χ3n) is 1.53. The van der Waals surface area contributed by atoms with Gasteiger partial charge in [0.2, 0.25) is 0 Å². The van der Waals surface area contributed by atoms with Crippen LogP contribution in [0.15, 0.2) is 48.8 Å². The van der Waals surface area contributed by atoms with E-state index in [1.165, 1.54) is 12.2 Å². The lowest BCUT2D eigenvalue weighted by Gasteiger charge is -2.22. The predicted molar refractivity (Wildman–Crippen MR) is 57.5 cm³/mol. The molecule has 0 bridgehead atoms. The molecule has 0 aliphatic heterocycles. The van der Waals surface area contributed by atoms with Crippen LogP contribution < -0.4 is 5.73 Å². The smallest absolute Gasteiger partial charge is 0.120 e. The highest BCUT2D eigenvalue weighted by Gasteiger charge is 2.19. The van der Waals surface area contributed by atoms with E-state index in [1.54, 1.807) is 12.2 Å². The van der Waals surface area contributed by atoms with Crippen LogP contribution in [-0.2, 0) is 0 Å². The Labute approximate surface area is 79.8 Å². The van der Waals surface area contributed by atoms with Crippen molar-refractivity contribution in [2.45, 2.75) is 19.4 Å². The molecular weight excluding hydrogens is 162 g/mol. The van der Waals surface area contributed by atoms with Gasteiger partial charge < -0.3 is 10.8 Å². The summed E-state index contributed by atoms with van der Waals surface area (Å²) in [6.07, 6.45) is 6.30. The normalized spacial score (nSPS) is 14.1. The highest BCUT2D eigenvalue weighted by atomic mass is 16.3. The summed E-state index contributed by atoms with van der Waals surface area (Å²) in [7, 11) is 0. The highest BCUT2D eigenvalue weighted by Crippen LogP contribution is 2.19. The number of aliphatic hydroxyl groups excluding tert-OH is 1. The van der Waals surface area contributed by atoms with Gasteiger partial charge in [-0.3, -0.25) is 0 Å². The van der Waals surface area contributed by atoms with Crippen molar-refractivity contribution in [1.29, 1.82) is 0 Å². The highest BCUT2D eigenvalue weighted by molar-refractivity contribution is 5.37. The summed E-state index contributed by atoms with van der Waals surface area (Å²) in [5.74, 6) is 0.127. The van der Waals surface area contributed by atoms with Crippen LogP contribution in [0.2, 0.25) is 0 Å². The van der Waals surface area contributed by atoms with Gasteiger partial charge in [0.25, 0.3) is 0 Å². The molecule has 2 nitrogen and oxygen atoms in total. The first-order chi connectivity index (χ1) is 5.93. The zero-order valence-corrected chi connectivity index (χ0v) is 8.25. The summed E-state index contributed by atoms with van der Waals surface area (Å²) >= 11 is 0. The van der Waals surface area contributed by atoms with E-state index in [9.17, 15) is 5.11 Å². The van der Waals surface area contributed by atoms with Crippen LogP contribution >= 0.6 is 0 Å². The maximum Gasteiger partial charge on any atom is 0.120 e. The van der Waals surface area contributed by atoms with Crippen LogP contribution in [0.4, 0.5) is 0 Å². The molecule has 0 rings (SSSR count). The molecule has 0 spiro atoms. The zero-order chi connectivity index (χ0) is 10.5. The van der Waals surface area contributed by atoms with Crippen LogP contribution in [-0.4, -0.2) is 10.6 Å². The molecule has 3 N–H and O–H groups in total. The lowest BCUT2D eigenvalue weighted by Crippen LogP contribution is -2.35. The number of allylic oxidation sites excluding steroid dienone is 4. The minimum atomic E-state index is -0.586. The van der Waals surface area contributed by atoms with Crippen LogP contribution in [0.1, 0.15) is 13.8 Å². The van der Waals surface area contributed by atoms with Crippen molar-refractivity contribution in [3.8, 4) is 0 Å². The minimum Gasteiger partial charge on any atom is -0.508 e. The first-order valence-corrected chi connectivity index (χ1v) is 4.07. The molecule has 0 saturated carbocycles. The van der Waals surface area contributed by atoms with Gasteiger partial charge in [0.1, 0.15) is 5.76 Å². The molecule has 0 aromatic rings. The van der Waals surface area contributed by atoms with E-state index < -0.39 is 5.54 Å². The molecule has 0 heterocycles. The number of nitrogens with two attached hydrogens (primary N) is 1. The van der Waals surface area contributed by atoms with E-state index in [-0.39, 0.29) is 5.76 Å². The Bertz CT molecular complexity index is 254. The molecule has 0 amide bonds. The van der Waals surface area contributed by atoms with Gasteiger partial charge in [-0.2, -0.15) is 0 Å². The SMILES string of the molecule is C=C/C=C(\C(O)=C/C=C)C(C)(C)N. The number of aliphatic hydroxyl groups is 1. The topological polar surface area (TPSA) is 46.2 Å². The minimum absolute atomic E-state index is 0.127. The first-order valence-electron chi connectivity index (χ1n) is 4.07. The Hall–Kier alpha value is -1.28. The van der Waals surface area contributed by atoms with Gasteiger partial charge in [-0.05, 0) is 19.9 Å². The molecule has 0 saturated heterocycles. The first kappa shape index (κ1) is 11.7. The Morgan fingerprint density at radius 3 is 2.00 bits per heavy atom. The van der Waals surface area contributed by atoms with Crippen LogP contribution in [0.25, 0.3) is 0 Å². The van der Waals surface area contributed by atoms with E-state index in [0.29, 0.717) is 5.57 Å². The summed E-state index contributed by atoms with van der Waals surface area (Å²) < 4.78 is 0. The number of hydrogen-bond donors (Lipinski definition) is 2. The average Bonchev–Trinajstić information content (AvgIpc) is 1.98. The Balaban J connectivity index is 5.06. The van der Waals surface area contributed by atoms with Gasteiger partial charge in [0, 0.05) is 11.1 Å². The zero-order valence-electron chi connectivity index (χ0n) is 8.25.